The van der Waals surface area contributed by atoms with Crippen LogP contribution < -0.4 is 10.1 Å². The van der Waals surface area contributed by atoms with Crippen molar-refractivity contribution in [1.82, 2.24) is 24.9 Å². The van der Waals surface area contributed by atoms with Gasteiger partial charge in [-0.1, -0.05) is 94.5 Å². The van der Waals surface area contributed by atoms with E-state index in [4.69, 9.17) is 40.0 Å². The number of carbonyl (C=O) groups excluding carboxylic acids is 1. The summed E-state index contributed by atoms with van der Waals surface area (Å²) in [6.45, 7) is 35.0. The number of allylic oxidation sites excluding steroid dienone is 1. The number of hydrogen-bond acceptors (Lipinski definition) is 17. The molecule has 4 saturated heterocycles. The molecule has 0 bridgehead atoms. The summed E-state index contributed by atoms with van der Waals surface area (Å²) in [4.78, 5) is 22.1. The lowest BCUT2D eigenvalue weighted by Crippen LogP contribution is -2.65. The van der Waals surface area contributed by atoms with Gasteiger partial charge in [-0.3, -0.25) is 19.5 Å². The van der Waals surface area contributed by atoms with Gasteiger partial charge in [0.25, 0.3) is 0 Å². The van der Waals surface area contributed by atoms with E-state index in [-0.39, 0.29) is 48.0 Å². The summed E-state index contributed by atoms with van der Waals surface area (Å²) in [6, 6.07) is 23.5. The maximum Gasteiger partial charge on any atom is 0.237 e. The van der Waals surface area contributed by atoms with Gasteiger partial charge in [0.15, 0.2) is 0 Å². The highest BCUT2D eigenvalue weighted by molar-refractivity contribution is 7.99. The summed E-state index contributed by atoms with van der Waals surface area (Å²) in [5.41, 5.74) is 9.34. The van der Waals surface area contributed by atoms with Crippen LogP contribution in [0, 0.1) is 25.7 Å². The smallest absolute Gasteiger partial charge is 0.237 e. The third-order valence-electron chi connectivity index (χ3n) is 21.5. The molecule has 5 fully saturated rings. The number of hydrogen-bond donors (Lipinski definition) is 6. The molecule has 1 saturated carbocycles. The molecule has 1 amide bonds. The normalized spacial score (nSPS) is 27.1. The number of carbonyl (C=O) groups is 1. The van der Waals surface area contributed by atoms with Gasteiger partial charge < -0.3 is 64.2 Å². The Hall–Kier alpha value is -3.41. The second kappa shape index (κ2) is 42.2. The fourth-order valence-electron chi connectivity index (χ4n) is 15.9. The Morgan fingerprint density at radius 1 is 0.792 bits per heavy atom. The number of unbranched alkanes of at least 4 members (excludes halogenated alkanes) is 1. The van der Waals surface area contributed by atoms with Crippen LogP contribution in [-0.4, -0.2) is 233 Å². The molecule has 9 rings (SSSR count). The second-order valence-electron chi connectivity index (χ2n) is 31.3. The molecule has 0 spiro atoms. The van der Waals surface area contributed by atoms with Gasteiger partial charge in [0.05, 0.1) is 73.3 Å². The fraction of sp³-hybridized carbons (Fsp3) is 0.744. The Morgan fingerprint density at radius 2 is 1.45 bits per heavy atom. The number of fused-ring (bicyclic) bond motifs is 1. The molecule has 19 heteroatoms. The molecule has 3 aromatic rings. The number of ether oxygens (including phenoxy) is 6. The van der Waals surface area contributed by atoms with E-state index in [9.17, 15) is 30.3 Å². The number of methoxy groups -OCH3 is 1. The zero-order chi connectivity index (χ0) is 74.4. The van der Waals surface area contributed by atoms with Crippen LogP contribution in [0.1, 0.15) is 206 Å². The van der Waals surface area contributed by atoms with Gasteiger partial charge in [-0.15, -0.1) is 23.4 Å². The molecule has 17 nitrogen and oxygen atoms in total. The molecule has 15 atom stereocenters. The number of rotatable bonds is 28. The second-order valence-corrected chi connectivity index (χ2v) is 32.9. The third-order valence-corrected chi connectivity index (χ3v) is 22.6. The molecule has 3 aromatic carbocycles. The van der Waals surface area contributed by atoms with E-state index in [1.807, 2.05) is 45.9 Å². The molecule has 101 heavy (non-hydrogen) atoms. The summed E-state index contributed by atoms with van der Waals surface area (Å²) in [5, 5.41) is 53.6. The number of alkyl halides is 1. The molecule has 0 radical (unpaired) electrons. The molecule has 4 heterocycles. The number of thioether (sulfide) groups is 1. The SMILES string of the molecule is CCCCN1C[C@H](O)[C@@H](O)[C@H](O)[C@H]1COC(C)C.CCC[C@@H]1C[C@@H](C(=O)N[C@@H]([C@H]2O[C@H](SC)[C@H](OC(C)C)[C@@H](O)[C@H]2O)[C@H](C)Cl)N(C)C1.COc1ccc(C(C(C)N(C)C)C2(OC(C)C)CCCCC2)cc1.Cc1cc2c(cc1C)C(OC(C)C)=C(CC1CCN(Cc3ccccc3)CC1)C2. The predicted octanol–water partition coefficient (Wildman–Crippen LogP) is 13.0. The highest BCUT2D eigenvalue weighted by Gasteiger charge is 2.51. The van der Waals surface area contributed by atoms with Crippen LogP contribution in [0.3, 0.4) is 0 Å². The monoisotopic (exact) mass is 1450 g/mol. The number of halogens is 1. The van der Waals surface area contributed by atoms with Gasteiger partial charge in [-0.25, -0.2) is 0 Å². The van der Waals surface area contributed by atoms with Crippen LogP contribution >= 0.6 is 23.4 Å². The van der Waals surface area contributed by atoms with Gasteiger partial charge in [0, 0.05) is 37.2 Å². The first-order chi connectivity index (χ1) is 48.0. The Morgan fingerprint density at radius 3 is 2.01 bits per heavy atom. The third kappa shape index (κ3) is 25.1. The fourth-order valence-corrected chi connectivity index (χ4v) is 16.8. The Bertz CT molecular complexity index is 2890. The van der Waals surface area contributed by atoms with Gasteiger partial charge in [0.1, 0.15) is 53.6 Å². The molecule has 4 aliphatic heterocycles. The molecular formula is C82H136ClN5O12S. The molecule has 2 aliphatic carbocycles. The quantitative estimate of drug-likeness (QED) is 0.0375. The minimum atomic E-state index is -1.22. The number of amides is 1. The Kier molecular flexibility index (Phi) is 36.2. The number of nitrogens with zero attached hydrogens (tertiary/aromatic N) is 4. The molecule has 574 valence electrons. The number of piperidine rings is 2. The van der Waals surface area contributed by atoms with Crippen LogP contribution in [0.5, 0.6) is 5.75 Å². The lowest BCUT2D eigenvalue weighted by Gasteiger charge is -2.48. The number of aryl methyl sites for hydroxylation is 2. The first-order valence-corrected chi connectivity index (χ1v) is 40.2. The number of β-amino-alcohol motifs (C(OH)–C–C–N with tert-alkyl or cyclic N) is 1. The van der Waals surface area contributed by atoms with Gasteiger partial charge in [-0.05, 0) is 251 Å². The highest BCUT2D eigenvalue weighted by atomic mass is 35.5. The van der Waals surface area contributed by atoms with E-state index in [1.54, 1.807) is 14.0 Å². The largest absolute Gasteiger partial charge is 0.497 e. The van der Waals surface area contributed by atoms with Crippen molar-refractivity contribution < 1.29 is 58.7 Å². The highest BCUT2D eigenvalue weighted by Crippen LogP contribution is 2.47. The number of benzene rings is 3. The Balaban J connectivity index is 0.000000215. The maximum absolute atomic E-state index is 13.1. The lowest BCUT2D eigenvalue weighted by molar-refractivity contribution is -0.225. The summed E-state index contributed by atoms with van der Waals surface area (Å²) >= 11 is 7.83. The minimum Gasteiger partial charge on any atom is -0.497 e. The standard InChI is InChI=1S/C27H35NO.C21H39ClN2O5S.C21H35NO2.C13H27NO4/c1-19(2)29-27-25(17-24-14-20(3)21(4)15-26(24)27)16-22-10-12-28(13-11-22)18-23-8-6-5-7-9-23;1-7-8-13-9-14(24(5)10-13)20(27)23-15(12(4)22)18-16(25)17(26)19(28-11(2)3)21(29-18)30-6;1-16(2)24-21(14-8-7-9-15-21)20(17(3)22(4)5)18-10-12-19(23-6)13-11-18;1-4-5-6-14-7-11(15)13(17)12(16)10(14)8-18-9(2)3/h5-9,14-15,19,22H,10-13,16-18H2,1-4H3;11-19,21,25-26H,7-10H2,1-6H3,(H,23,27);10-13,16-17,20H,7-9,14-15H2,1-6H3;9-13,15-17H,4-8H2,1-3H3/t;12-,13+,14-,15+,16+,17-,18+,19+,21+;;10-,11+,12-,13-/m.0.1/s1. The number of aliphatic hydroxyl groups excluding tert-OH is 5. The molecule has 0 aromatic heterocycles. The van der Waals surface area contributed by atoms with Crippen LogP contribution in [-0.2, 0) is 41.4 Å². The van der Waals surface area contributed by atoms with E-state index < -0.39 is 59.6 Å². The van der Waals surface area contributed by atoms with Crippen LogP contribution in [0.25, 0.3) is 5.76 Å². The Labute approximate surface area is 619 Å². The molecule has 2 unspecified atom stereocenters. The van der Waals surface area contributed by atoms with E-state index >= 15 is 0 Å². The topological polar surface area (TPSA) is 199 Å². The van der Waals surface area contributed by atoms with Crippen molar-refractivity contribution in [2.45, 2.75) is 307 Å². The average molecular weight is 1450 g/mol. The van der Waals surface area contributed by atoms with Gasteiger partial charge in [-0.2, -0.15) is 0 Å². The zero-order valence-electron chi connectivity index (χ0n) is 65.4. The first-order valence-electron chi connectivity index (χ1n) is 38.4. The van der Waals surface area contributed by atoms with E-state index in [0.29, 0.717) is 31.0 Å². The summed E-state index contributed by atoms with van der Waals surface area (Å²) in [5.74, 6) is 3.64. The molecular weight excluding hydrogens is 1310 g/mol. The summed E-state index contributed by atoms with van der Waals surface area (Å²) in [6.07, 6.45) is 11.6. The number of nitrogens with one attached hydrogen (secondary N) is 1. The van der Waals surface area contributed by atoms with Crippen molar-refractivity contribution in [2.75, 3.05) is 73.8 Å². The maximum atomic E-state index is 13.1. The van der Waals surface area contributed by atoms with Gasteiger partial charge in [0.2, 0.25) is 5.91 Å². The predicted molar refractivity (Wildman–Crippen MR) is 413 cm³/mol. The van der Waals surface area contributed by atoms with Crippen molar-refractivity contribution in [3.63, 3.8) is 0 Å². The molecule has 6 N–H and O–H groups in total. The minimum absolute atomic E-state index is 0.0648. The van der Waals surface area contributed by atoms with Crippen molar-refractivity contribution in [2.24, 2.45) is 11.8 Å². The zero-order valence-corrected chi connectivity index (χ0v) is 67.0. The van der Waals surface area contributed by atoms with E-state index in [1.165, 1.54) is 108 Å². The molecule has 6 aliphatic rings. The van der Waals surface area contributed by atoms with E-state index in [0.717, 1.165) is 82.7 Å². The van der Waals surface area contributed by atoms with Gasteiger partial charge >= 0.3 is 0 Å². The van der Waals surface area contributed by atoms with Crippen molar-refractivity contribution in [3.8, 4) is 5.75 Å². The summed E-state index contributed by atoms with van der Waals surface area (Å²) in [7, 11) is 8.03. The van der Waals surface area contributed by atoms with Crippen molar-refractivity contribution >= 4 is 35.0 Å². The summed E-state index contributed by atoms with van der Waals surface area (Å²) < 4.78 is 35.8. The average Bonchev–Trinajstić information content (AvgIpc) is 1.55. The first kappa shape index (κ1) is 86.5. The number of likely N-dealkylation sites (tertiary alicyclic amines) is 3. The number of aliphatic hydroxyl groups is 5. The van der Waals surface area contributed by atoms with Crippen molar-refractivity contribution in [3.05, 3.63) is 106 Å². The van der Waals surface area contributed by atoms with Crippen LogP contribution in [0.4, 0.5) is 0 Å². The lowest BCUT2D eigenvalue weighted by atomic mass is 9.69. The number of likely N-dealkylation sites (N-methyl/N-ethyl adjacent to an activating group) is 2. The van der Waals surface area contributed by atoms with Crippen molar-refractivity contribution in [1.29, 1.82) is 0 Å². The van der Waals surface area contributed by atoms with Crippen LogP contribution in [0.15, 0.2) is 72.3 Å². The van der Waals surface area contributed by atoms with Crippen LogP contribution in [0.2, 0.25) is 0 Å². The van der Waals surface area contributed by atoms with E-state index in [2.05, 4.69) is 163 Å².